The molecule has 0 spiro atoms. The Morgan fingerprint density at radius 1 is 1.42 bits per heavy atom. The fourth-order valence-electron chi connectivity index (χ4n) is 0.564. The predicted molar refractivity (Wildman–Crippen MR) is 35.7 cm³/mol. The lowest BCUT2D eigenvalue weighted by molar-refractivity contribution is -0.143. The number of aliphatic hydroxyl groups excluding tert-OH is 2. The highest BCUT2D eigenvalue weighted by Gasteiger charge is 2.27. The summed E-state index contributed by atoms with van der Waals surface area (Å²) in [5.41, 5.74) is 0. The van der Waals surface area contributed by atoms with Gasteiger partial charge in [0.15, 0.2) is 0 Å². The molecule has 1 atom stereocenters. The van der Waals surface area contributed by atoms with Gasteiger partial charge < -0.3 is 15.3 Å². The molecule has 0 bridgehead atoms. The van der Waals surface area contributed by atoms with Gasteiger partial charge in [-0.25, -0.2) is 9.13 Å². The summed E-state index contributed by atoms with van der Waals surface area (Å²) < 4.78 is 20.8. The normalized spacial score (nSPS) is 12.9. The van der Waals surface area contributed by atoms with Crippen molar-refractivity contribution in [2.75, 3.05) is 13.3 Å². The standard InChI is InChI=1S/C4H8NO6P/c6-1-3(4(8)9)5(2-7)12(10)11/h3,6-7H,1-2H2,(H,8,9). The minimum absolute atomic E-state index is 0.248. The molecular formula is C4H8NO6P. The van der Waals surface area contributed by atoms with Gasteiger partial charge in [0.2, 0.25) is 0 Å². The molecule has 7 nitrogen and oxygen atoms in total. The van der Waals surface area contributed by atoms with Gasteiger partial charge in [0.05, 0.1) is 6.61 Å². The second-order valence-electron chi connectivity index (χ2n) is 1.86. The Kier molecular flexibility index (Phi) is 4.68. The highest BCUT2D eigenvalue weighted by Crippen LogP contribution is 2.16. The molecule has 0 aliphatic heterocycles. The molecule has 0 aromatic rings. The molecule has 0 aromatic carbocycles. The van der Waals surface area contributed by atoms with Gasteiger partial charge >= 0.3 is 13.8 Å². The number of hydrogen-bond donors (Lipinski definition) is 3. The Hall–Kier alpha value is -0.750. The zero-order valence-corrected chi connectivity index (χ0v) is 6.85. The smallest absolute Gasteiger partial charge is 0.401 e. The largest absolute Gasteiger partial charge is 0.480 e. The van der Waals surface area contributed by atoms with Crippen molar-refractivity contribution < 1.29 is 29.2 Å². The minimum atomic E-state index is -3.20. The van der Waals surface area contributed by atoms with E-state index in [-0.39, 0.29) is 4.67 Å². The molecule has 0 fully saturated rings. The maximum Gasteiger partial charge on any atom is 0.401 e. The molecule has 0 heterocycles. The van der Waals surface area contributed by atoms with Gasteiger partial charge in [0.1, 0.15) is 12.8 Å². The molecule has 0 aromatic heterocycles. The van der Waals surface area contributed by atoms with E-state index in [4.69, 9.17) is 15.3 Å². The van der Waals surface area contributed by atoms with Crippen molar-refractivity contribution in [3.8, 4) is 0 Å². The van der Waals surface area contributed by atoms with Gasteiger partial charge in [-0.3, -0.25) is 4.79 Å². The molecular weight excluding hydrogens is 189 g/mol. The van der Waals surface area contributed by atoms with Crippen LogP contribution >= 0.6 is 7.83 Å². The molecule has 0 radical (unpaired) electrons. The average molecular weight is 197 g/mol. The van der Waals surface area contributed by atoms with Crippen LogP contribution in [0.25, 0.3) is 0 Å². The third kappa shape index (κ3) is 2.71. The Labute approximate surface area is 68.1 Å². The number of carbonyl (C=O) groups is 1. The Balaban J connectivity index is 4.55. The van der Waals surface area contributed by atoms with Crippen molar-refractivity contribution in [2.24, 2.45) is 0 Å². The van der Waals surface area contributed by atoms with E-state index in [9.17, 15) is 13.9 Å². The summed E-state index contributed by atoms with van der Waals surface area (Å²) in [6.45, 7) is -1.84. The average Bonchev–Trinajstić information content (AvgIpc) is 1.98. The van der Waals surface area contributed by atoms with Crippen LogP contribution in [0.4, 0.5) is 0 Å². The Bertz CT molecular complexity index is 218. The highest BCUT2D eigenvalue weighted by molar-refractivity contribution is 7.27. The monoisotopic (exact) mass is 197 g/mol. The number of aliphatic hydroxyl groups is 2. The quantitative estimate of drug-likeness (QED) is 0.373. The van der Waals surface area contributed by atoms with Crippen LogP contribution < -0.4 is 0 Å². The highest BCUT2D eigenvalue weighted by atomic mass is 31.1. The van der Waals surface area contributed by atoms with Crippen LogP contribution in [0.3, 0.4) is 0 Å². The van der Waals surface area contributed by atoms with E-state index < -0.39 is 33.2 Å². The predicted octanol–water partition coefficient (Wildman–Crippen LogP) is -1.23. The summed E-state index contributed by atoms with van der Waals surface area (Å²) in [4.78, 5) is 10.3. The summed E-state index contributed by atoms with van der Waals surface area (Å²) in [5, 5.41) is 25.2. The van der Waals surface area contributed by atoms with E-state index in [0.717, 1.165) is 0 Å². The van der Waals surface area contributed by atoms with Crippen LogP contribution in [-0.4, -0.2) is 45.3 Å². The minimum Gasteiger partial charge on any atom is -0.480 e. The van der Waals surface area contributed by atoms with Gasteiger partial charge in [0, 0.05) is 0 Å². The number of carboxylic acid groups (broad SMARTS) is 1. The molecule has 0 aliphatic carbocycles. The molecule has 8 heteroatoms. The third-order valence-corrected chi connectivity index (χ3v) is 2.00. The lowest BCUT2D eigenvalue weighted by atomic mass is 10.3. The van der Waals surface area contributed by atoms with Gasteiger partial charge in [-0.2, -0.15) is 4.67 Å². The van der Waals surface area contributed by atoms with E-state index >= 15 is 0 Å². The van der Waals surface area contributed by atoms with Crippen LogP contribution in [0, 0.1) is 0 Å². The van der Waals surface area contributed by atoms with Gasteiger partial charge in [-0.1, -0.05) is 0 Å². The molecule has 0 saturated carbocycles. The number of aliphatic carboxylic acids is 1. The second kappa shape index (κ2) is 5.00. The summed E-state index contributed by atoms with van der Waals surface area (Å²) in [5.74, 6) is -1.51. The van der Waals surface area contributed by atoms with Gasteiger partial charge in [-0.15, -0.1) is 0 Å². The number of nitrogens with zero attached hydrogens (tertiary/aromatic N) is 1. The van der Waals surface area contributed by atoms with Crippen molar-refractivity contribution in [3.63, 3.8) is 0 Å². The maximum absolute atomic E-state index is 10.3. The van der Waals surface area contributed by atoms with E-state index in [1.54, 1.807) is 0 Å². The summed E-state index contributed by atoms with van der Waals surface area (Å²) in [7, 11) is -3.20. The third-order valence-electron chi connectivity index (χ3n) is 1.17. The second-order valence-corrected chi connectivity index (χ2v) is 2.84. The first-order valence-corrected chi connectivity index (χ1v) is 4.03. The van der Waals surface area contributed by atoms with Crippen LogP contribution in [-0.2, 0) is 13.9 Å². The first-order valence-electron chi connectivity index (χ1n) is 2.90. The lowest BCUT2D eigenvalue weighted by Crippen LogP contribution is -2.39. The van der Waals surface area contributed by atoms with Gasteiger partial charge in [0.25, 0.3) is 0 Å². The molecule has 0 aliphatic rings. The van der Waals surface area contributed by atoms with E-state index in [1.165, 1.54) is 0 Å². The lowest BCUT2D eigenvalue weighted by Gasteiger charge is -2.16. The van der Waals surface area contributed by atoms with E-state index in [1.807, 2.05) is 0 Å². The summed E-state index contributed by atoms with van der Waals surface area (Å²) in [6, 6.07) is -1.61. The summed E-state index contributed by atoms with van der Waals surface area (Å²) in [6.07, 6.45) is 0. The van der Waals surface area contributed by atoms with Crippen LogP contribution in [0.2, 0.25) is 0 Å². The summed E-state index contributed by atoms with van der Waals surface area (Å²) >= 11 is 0. The maximum atomic E-state index is 10.3. The molecule has 1 unspecified atom stereocenters. The molecule has 70 valence electrons. The molecule has 12 heavy (non-hydrogen) atoms. The van der Waals surface area contributed by atoms with Crippen molar-refractivity contribution in [1.82, 2.24) is 4.67 Å². The van der Waals surface area contributed by atoms with Crippen molar-refractivity contribution in [2.45, 2.75) is 6.04 Å². The molecule has 0 rings (SSSR count). The Morgan fingerprint density at radius 3 is 2.00 bits per heavy atom. The number of carboxylic acids is 1. The van der Waals surface area contributed by atoms with Crippen molar-refractivity contribution in [3.05, 3.63) is 0 Å². The number of hydrogen-bond acceptors (Lipinski definition) is 5. The van der Waals surface area contributed by atoms with Crippen LogP contribution in [0.15, 0.2) is 0 Å². The van der Waals surface area contributed by atoms with E-state index in [0.29, 0.717) is 0 Å². The fourth-order valence-corrected chi connectivity index (χ4v) is 1.07. The van der Waals surface area contributed by atoms with E-state index in [2.05, 4.69) is 0 Å². The van der Waals surface area contributed by atoms with Gasteiger partial charge in [-0.05, 0) is 0 Å². The zero-order valence-electron chi connectivity index (χ0n) is 5.95. The molecule has 3 N–H and O–H groups in total. The molecule has 0 amide bonds. The SMILES string of the molecule is O=C(O)C(CO)N(CO)P(=O)=O. The molecule has 0 saturated heterocycles. The first kappa shape index (κ1) is 11.2. The van der Waals surface area contributed by atoms with Crippen LogP contribution in [0.5, 0.6) is 0 Å². The number of rotatable bonds is 5. The zero-order chi connectivity index (χ0) is 9.72. The Morgan fingerprint density at radius 2 is 1.92 bits per heavy atom. The first-order chi connectivity index (χ1) is 5.54. The topological polar surface area (TPSA) is 115 Å². The van der Waals surface area contributed by atoms with Crippen molar-refractivity contribution >= 4 is 13.8 Å². The van der Waals surface area contributed by atoms with Crippen LogP contribution in [0.1, 0.15) is 0 Å². The fraction of sp³-hybridized carbons (Fsp3) is 0.750. The van der Waals surface area contributed by atoms with Crippen molar-refractivity contribution in [1.29, 1.82) is 0 Å².